The predicted molar refractivity (Wildman–Crippen MR) is 39.5 cm³/mol. The van der Waals surface area contributed by atoms with Crippen molar-refractivity contribution < 1.29 is 5.11 Å². The van der Waals surface area contributed by atoms with E-state index in [1.165, 1.54) is 12.8 Å². The molecule has 0 spiro atoms. The van der Waals surface area contributed by atoms with Gasteiger partial charge in [-0.25, -0.2) is 0 Å². The molecule has 0 atom stereocenters. The zero-order valence-corrected chi connectivity index (χ0v) is 6.51. The number of rotatable bonds is 0. The molecule has 1 N–H and O–H groups in total. The standard InChI is InChI=1S/C8H15NO/c1-9-6-7-2-4-8(9,10)5-3-7/h7,10H,2-6H2,1H3. The third-order valence-electron chi connectivity index (χ3n) is 3.15. The van der Waals surface area contributed by atoms with Crippen molar-refractivity contribution >= 4 is 0 Å². The number of hydrogen-bond donors (Lipinski definition) is 1. The number of aliphatic hydroxyl groups is 1. The molecule has 0 radical (unpaired) electrons. The molecule has 3 aliphatic rings. The van der Waals surface area contributed by atoms with Crippen molar-refractivity contribution in [1.82, 2.24) is 4.90 Å². The van der Waals surface area contributed by atoms with E-state index in [-0.39, 0.29) is 0 Å². The van der Waals surface area contributed by atoms with Crippen LogP contribution < -0.4 is 0 Å². The highest BCUT2D eigenvalue weighted by molar-refractivity contribution is 4.91. The van der Waals surface area contributed by atoms with Gasteiger partial charge >= 0.3 is 0 Å². The zero-order chi connectivity index (χ0) is 7.19. The maximum atomic E-state index is 9.91. The second-order valence-electron chi connectivity index (χ2n) is 3.81. The minimum absolute atomic E-state index is 0.422. The maximum absolute atomic E-state index is 9.91. The van der Waals surface area contributed by atoms with Crippen molar-refractivity contribution in [3.05, 3.63) is 0 Å². The summed E-state index contributed by atoms with van der Waals surface area (Å²) >= 11 is 0. The summed E-state index contributed by atoms with van der Waals surface area (Å²) in [7, 11) is 2.03. The first kappa shape index (κ1) is 6.62. The van der Waals surface area contributed by atoms with Crippen molar-refractivity contribution in [1.29, 1.82) is 0 Å². The van der Waals surface area contributed by atoms with Gasteiger partial charge in [0.25, 0.3) is 0 Å². The lowest BCUT2D eigenvalue weighted by atomic mass is 9.78. The molecule has 0 aromatic heterocycles. The number of hydrogen-bond acceptors (Lipinski definition) is 2. The Morgan fingerprint density at radius 2 is 2.00 bits per heavy atom. The van der Waals surface area contributed by atoms with Gasteiger partial charge in [0, 0.05) is 6.54 Å². The molecule has 2 aliphatic heterocycles. The van der Waals surface area contributed by atoms with E-state index >= 15 is 0 Å². The van der Waals surface area contributed by atoms with Crippen LogP contribution in [0.5, 0.6) is 0 Å². The number of fused-ring (bicyclic) bond motifs is 3. The topological polar surface area (TPSA) is 23.5 Å². The Labute approximate surface area is 61.8 Å². The van der Waals surface area contributed by atoms with Crippen molar-refractivity contribution in [3.8, 4) is 0 Å². The van der Waals surface area contributed by atoms with Gasteiger partial charge < -0.3 is 5.11 Å². The molecule has 0 amide bonds. The molecule has 0 unspecified atom stereocenters. The molecular formula is C8H15NO. The highest BCUT2D eigenvalue weighted by Gasteiger charge is 2.42. The predicted octanol–water partition coefficient (Wildman–Crippen LogP) is 0.811. The van der Waals surface area contributed by atoms with Gasteiger partial charge in [0.15, 0.2) is 0 Å². The highest BCUT2D eigenvalue weighted by Crippen LogP contribution is 2.39. The minimum Gasteiger partial charge on any atom is -0.376 e. The van der Waals surface area contributed by atoms with Crippen LogP contribution >= 0.6 is 0 Å². The molecule has 10 heavy (non-hydrogen) atoms. The smallest absolute Gasteiger partial charge is 0.118 e. The Morgan fingerprint density at radius 3 is 2.30 bits per heavy atom. The van der Waals surface area contributed by atoms with Crippen molar-refractivity contribution in [3.63, 3.8) is 0 Å². The van der Waals surface area contributed by atoms with Gasteiger partial charge in [0.1, 0.15) is 5.72 Å². The first-order valence-corrected chi connectivity index (χ1v) is 4.14. The molecule has 3 rings (SSSR count). The van der Waals surface area contributed by atoms with Crippen molar-refractivity contribution in [2.24, 2.45) is 5.92 Å². The lowest BCUT2D eigenvalue weighted by Crippen LogP contribution is -2.56. The van der Waals surface area contributed by atoms with Gasteiger partial charge in [-0.2, -0.15) is 0 Å². The van der Waals surface area contributed by atoms with Crippen LogP contribution in [-0.4, -0.2) is 29.3 Å². The van der Waals surface area contributed by atoms with Crippen LogP contribution in [0.15, 0.2) is 0 Å². The Hall–Kier alpha value is -0.0800. The van der Waals surface area contributed by atoms with Crippen LogP contribution in [0.2, 0.25) is 0 Å². The van der Waals surface area contributed by atoms with Gasteiger partial charge in [-0.15, -0.1) is 0 Å². The Kier molecular flexibility index (Phi) is 1.29. The highest BCUT2D eigenvalue weighted by atomic mass is 16.3. The monoisotopic (exact) mass is 141 g/mol. The first-order chi connectivity index (χ1) is 4.71. The summed E-state index contributed by atoms with van der Waals surface area (Å²) in [6.45, 7) is 1.11. The van der Waals surface area contributed by atoms with E-state index in [4.69, 9.17) is 0 Å². The van der Waals surface area contributed by atoms with E-state index in [2.05, 4.69) is 4.90 Å². The van der Waals surface area contributed by atoms with Gasteiger partial charge in [-0.3, -0.25) is 4.90 Å². The van der Waals surface area contributed by atoms with Crippen molar-refractivity contribution in [2.45, 2.75) is 31.4 Å². The number of piperidine rings is 2. The van der Waals surface area contributed by atoms with Gasteiger partial charge in [-0.1, -0.05) is 0 Å². The summed E-state index contributed by atoms with van der Waals surface area (Å²) in [5.41, 5.74) is -0.422. The summed E-state index contributed by atoms with van der Waals surface area (Å²) in [5, 5.41) is 9.91. The second-order valence-corrected chi connectivity index (χ2v) is 3.81. The third-order valence-corrected chi connectivity index (χ3v) is 3.15. The molecule has 58 valence electrons. The van der Waals surface area contributed by atoms with E-state index in [1.807, 2.05) is 7.05 Å². The molecule has 3 fully saturated rings. The van der Waals surface area contributed by atoms with Crippen LogP contribution in [0.25, 0.3) is 0 Å². The zero-order valence-electron chi connectivity index (χ0n) is 6.51. The quantitative estimate of drug-likeness (QED) is 0.539. The van der Waals surface area contributed by atoms with Gasteiger partial charge in [0.05, 0.1) is 0 Å². The average molecular weight is 141 g/mol. The van der Waals surface area contributed by atoms with Crippen LogP contribution in [0, 0.1) is 5.92 Å². The molecule has 0 aromatic carbocycles. The Balaban J connectivity index is 2.17. The molecule has 0 aromatic rings. The van der Waals surface area contributed by atoms with E-state index in [9.17, 15) is 5.11 Å². The summed E-state index contributed by atoms with van der Waals surface area (Å²) < 4.78 is 0. The van der Waals surface area contributed by atoms with E-state index in [0.717, 1.165) is 25.3 Å². The molecule has 2 saturated heterocycles. The van der Waals surface area contributed by atoms with E-state index in [1.54, 1.807) is 0 Å². The molecule has 2 heteroatoms. The summed E-state index contributed by atoms with van der Waals surface area (Å²) in [5.74, 6) is 0.874. The van der Waals surface area contributed by atoms with Crippen LogP contribution in [0.3, 0.4) is 0 Å². The normalized spacial score (nSPS) is 48.0. The second kappa shape index (κ2) is 1.95. The van der Waals surface area contributed by atoms with Gasteiger partial charge in [-0.05, 0) is 38.6 Å². The fourth-order valence-corrected chi connectivity index (χ4v) is 2.26. The molecule has 1 aliphatic carbocycles. The Bertz CT molecular complexity index is 138. The SMILES string of the molecule is CN1CC2CCC1(O)CC2. The largest absolute Gasteiger partial charge is 0.376 e. The van der Waals surface area contributed by atoms with Crippen LogP contribution in [0.4, 0.5) is 0 Å². The van der Waals surface area contributed by atoms with Gasteiger partial charge in [0.2, 0.25) is 0 Å². The van der Waals surface area contributed by atoms with Crippen LogP contribution in [-0.2, 0) is 0 Å². The summed E-state index contributed by atoms with van der Waals surface area (Å²) in [6, 6.07) is 0. The molecule has 1 saturated carbocycles. The summed E-state index contributed by atoms with van der Waals surface area (Å²) in [6.07, 6.45) is 4.46. The lowest BCUT2D eigenvalue weighted by molar-refractivity contribution is -0.167. The molecule has 2 nitrogen and oxygen atoms in total. The van der Waals surface area contributed by atoms with E-state index in [0.29, 0.717) is 0 Å². The minimum atomic E-state index is -0.422. The third kappa shape index (κ3) is 0.789. The lowest BCUT2D eigenvalue weighted by Gasteiger charge is -2.49. The fraction of sp³-hybridized carbons (Fsp3) is 1.00. The molecule has 2 bridgehead atoms. The maximum Gasteiger partial charge on any atom is 0.118 e. The number of nitrogens with zero attached hydrogens (tertiary/aromatic N) is 1. The first-order valence-electron chi connectivity index (χ1n) is 4.14. The molecular weight excluding hydrogens is 126 g/mol. The summed E-state index contributed by atoms with van der Waals surface area (Å²) in [4.78, 5) is 2.12. The van der Waals surface area contributed by atoms with Crippen molar-refractivity contribution in [2.75, 3.05) is 13.6 Å². The Morgan fingerprint density at radius 1 is 1.40 bits per heavy atom. The fourth-order valence-electron chi connectivity index (χ4n) is 2.26. The van der Waals surface area contributed by atoms with Crippen LogP contribution in [0.1, 0.15) is 25.7 Å². The average Bonchev–Trinajstić information content (AvgIpc) is 1.92. The van der Waals surface area contributed by atoms with E-state index < -0.39 is 5.72 Å². The molecule has 2 heterocycles.